The van der Waals surface area contributed by atoms with Crippen molar-refractivity contribution in [3.05, 3.63) is 35.9 Å². The van der Waals surface area contributed by atoms with Crippen LogP contribution in [-0.2, 0) is 0 Å². The second kappa shape index (κ2) is 3.02. The van der Waals surface area contributed by atoms with E-state index in [0.29, 0.717) is 5.56 Å². The molecule has 2 aromatic heterocycles. The molecule has 72 valence electrons. The highest BCUT2D eigenvalue weighted by atomic mass is 16.4. The van der Waals surface area contributed by atoms with E-state index in [1.165, 1.54) is 0 Å². The summed E-state index contributed by atoms with van der Waals surface area (Å²) in [5.41, 5.74) is 8.09. The minimum Gasteiger partial charge on any atom is -0.409 e. The molecular weight excluding hydrogens is 180 g/mol. The number of nitrogens with zero attached hydrogens (tertiary/aromatic N) is 3. The second-order valence-electron chi connectivity index (χ2n) is 3.03. The standard InChI is InChI=1S/C9H10N4O/c1-6-8-3-2-7(9(10)12-14)4-13(8)5-11-6/h2-5,14H,1H3,(H2,10,12). The van der Waals surface area contributed by atoms with Crippen molar-refractivity contribution in [3.8, 4) is 0 Å². The van der Waals surface area contributed by atoms with E-state index < -0.39 is 0 Å². The Kier molecular flexibility index (Phi) is 1.85. The van der Waals surface area contributed by atoms with Crippen LogP contribution in [0.3, 0.4) is 0 Å². The summed E-state index contributed by atoms with van der Waals surface area (Å²) in [6.07, 6.45) is 3.46. The van der Waals surface area contributed by atoms with E-state index in [0.717, 1.165) is 11.2 Å². The first kappa shape index (κ1) is 8.55. The molecule has 0 saturated heterocycles. The highest BCUT2D eigenvalue weighted by Gasteiger charge is 2.02. The molecule has 0 aliphatic rings. The Morgan fingerprint density at radius 2 is 2.36 bits per heavy atom. The molecule has 2 aromatic rings. The van der Waals surface area contributed by atoms with Crippen LogP contribution in [0.4, 0.5) is 0 Å². The number of aryl methyl sites for hydroxylation is 1. The van der Waals surface area contributed by atoms with Crippen LogP contribution in [0.25, 0.3) is 5.52 Å². The van der Waals surface area contributed by atoms with E-state index in [-0.39, 0.29) is 5.84 Å². The SMILES string of the molecule is Cc1ncn2cc(/C(N)=N\O)ccc12. The van der Waals surface area contributed by atoms with Crippen LogP contribution < -0.4 is 5.73 Å². The van der Waals surface area contributed by atoms with Crippen molar-refractivity contribution in [3.63, 3.8) is 0 Å². The molecule has 2 rings (SSSR count). The summed E-state index contributed by atoms with van der Waals surface area (Å²) in [5.74, 6) is 0.0956. The minimum atomic E-state index is 0.0956. The van der Waals surface area contributed by atoms with Crippen molar-refractivity contribution in [1.82, 2.24) is 9.38 Å². The van der Waals surface area contributed by atoms with E-state index >= 15 is 0 Å². The van der Waals surface area contributed by atoms with Gasteiger partial charge in [-0.1, -0.05) is 5.16 Å². The van der Waals surface area contributed by atoms with E-state index in [4.69, 9.17) is 10.9 Å². The Hall–Kier alpha value is -2.04. The second-order valence-corrected chi connectivity index (χ2v) is 3.03. The summed E-state index contributed by atoms with van der Waals surface area (Å²) < 4.78 is 1.84. The monoisotopic (exact) mass is 190 g/mol. The van der Waals surface area contributed by atoms with Gasteiger partial charge in [-0.05, 0) is 19.1 Å². The fraction of sp³-hybridized carbons (Fsp3) is 0.111. The number of imidazole rings is 1. The van der Waals surface area contributed by atoms with E-state index in [2.05, 4.69) is 10.1 Å². The number of rotatable bonds is 1. The average Bonchev–Trinajstić information content (AvgIpc) is 2.59. The number of hydrogen-bond donors (Lipinski definition) is 2. The first-order chi connectivity index (χ1) is 6.72. The molecule has 0 unspecified atom stereocenters. The number of nitrogens with two attached hydrogens (primary N) is 1. The van der Waals surface area contributed by atoms with Gasteiger partial charge in [0, 0.05) is 11.8 Å². The predicted molar refractivity (Wildman–Crippen MR) is 52.4 cm³/mol. The lowest BCUT2D eigenvalue weighted by Crippen LogP contribution is -2.13. The number of amidine groups is 1. The Morgan fingerprint density at radius 3 is 3.07 bits per heavy atom. The van der Waals surface area contributed by atoms with Gasteiger partial charge >= 0.3 is 0 Å². The summed E-state index contributed by atoms with van der Waals surface area (Å²) >= 11 is 0. The molecule has 0 aromatic carbocycles. The molecule has 0 saturated carbocycles. The summed E-state index contributed by atoms with van der Waals surface area (Å²) in [6, 6.07) is 3.68. The van der Waals surface area contributed by atoms with Gasteiger partial charge in [-0.2, -0.15) is 0 Å². The van der Waals surface area contributed by atoms with Gasteiger partial charge in [-0.15, -0.1) is 0 Å². The predicted octanol–water partition coefficient (Wildman–Crippen LogP) is 0.737. The fourth-order valence-electron chi connectivity index (χ4n) is 1.34. The molecule has 2 heterocycles. The summed E-state index contributed by atoms with van der Waals surface area (Å²) in [4.78, 5) is 4.14. The van der Waals surface area contributed by atoms with Crippen LogP contribution in [0.15, 0.2) is 29.8 Å². The Morgan fingerprint density at radius 1 is 1.57 bits per heavy atom. The molecule has 0 amide bonds. The van der Waals surface area contributed by atoms with Gasteiger partial charge in [0.1, 0.15) is 0 Å². The lowest BCUT2D eigenvalue weighted by atomic mass is 10.2. The number of aromatic nitrogens is 2. The van der Waals surface area contributed by atoms with Gasteiger partial charge in [0.25, 0.3) is 0 Å². The molecule has 0 aliphatic heterocycles. The van der Waals surface area contributed by atoms with Gasteiger partial charge in [-0.3, -0.25) is 0 Å². The van der Waals surface area contributed by atoms with Gasteiger partial charge in [0.05, 0.1) is 17.5 Å². The van der Waals surface area contributed by atoms with Crippen molar-refractivity contribution in [2.24, 2.45) is 10.9 Å². The lowest BCUT2D eigenvalue weighted by Gasteiger charge is -1.99. The normalized spacial score (nSPS) is 12.2. The molecule has 5 nitrogen and oxygen atoms in total. The first-order valence-corrected chi connectivity index (χ1v) is 4.13. The Balaban J connectivity index is 2.63. The van der Waals surface area contributed by atoms with Gasteiger partial charge < -0.3 is 15.3 Å². The fourth-order valence-corrected chi connectivity index (χ4v) is 1.34. The number of hydrogen-bond acceptors (Lipinski definition) is 3. The molecule has 0 spiro atoms. The van der Waals surface area contributed by atoms with Crippen molar-refractivity contribution in [1.29, 1.82) is 0 Å². The molecule has 0 fully saturated rings. The lowest BCUT2D eigenvalue weighted by molar-refractivity contribution is 0.318. The average molecular weight is 190 g/mol. The maximum atomic E-state index is 8.50. The largest absolute Gasteiger partial charge is 0.409 e. The molecular formula is C9H10N4O. The minimum absolute atomic E-state index is 0.0956. The highest BCUT2D eigenvalue weighted by molar-refractivity contribution is 5.97. The summed E-state index contributed by atoms with van der Waals surface area (Å²) in [5, 5.41) is 11.4. The Labute approximate surface area is 80.5 Å². The number of pyridine rings is 1. The van der Waals surface area contributed by atoms with Crippen LogP contribution in [-0.4, -0.2) is 20.4 Å². The van der Waals surface area contributed by atoms with Crippen molar-refractivity contribution in [2.75, 3.05) is 0 Å². The van der Waals surface area contributed by atoms with Gasteiger partial charge in [0.15, 0.2) is 5.84 Å². The molecule has 0 aliphatic carbocycles. The quantitative estimate of drug-likeness (QED) is 0.301. The topological polar surface area (TPSA) is 75.9 Å². The van der Waals surface area contributed by atoms with Crippen LogP contribution in [0, 0.1) is 6.92 Å². The molecule has 14 heavy (non-hydrogen) atoms. The van der Waals surface area contributed by atoms with Crippen molar-refractivity contribution in [2.45, 2.75) is 6.92 Å². The molecule has 0 atom stereocenters. The third-order valence-electron chi connectivity index (χ3n) is 2.13. The van der Waals surface area contributed by atoms with E-state index in [9.17, 15) is 0 Å². The molecule has 0 bridgehead atoms. The summed E-state index contributed by atoms with van der Waals surface area (Å²) in [6.45, 7) is 1.93. The highest BCUT2D eigenvalue weighted by Crippen LogP contribution is 2.09. The van der Waals surface area contributed by atoms with Crippen molar-refractivity contribution >= 4 is 11.4 Å². The maximum Gasteiger partial charge on any atom is 0.171 e. The van der Waals surface area contributed by atoms with Gasteiger partial charge in [0.2, 0.25) is 0 Å². The molecule has 5 heteroatoms. The first-order valence-electron chi connectivity index (χ1n) is 4.13. The number of oxime groups is 1. The van der Waals surface area contributed by atoms with Gasteiger partial charge in [-0.25, -0.2) is 4.98 Å². The van der Waals surface area contributed by atoms with Crippen LogP contribution in [0.1, 0.15) is 11.3 Å². The molecule has 0 radical (unpaired) electrons. The van der Waals surface area contributed by atoms with Crippen molar-refractivity contribution < 1.29 is 5.21 Å². The zero-order valence-corrected chi connectivity index (χ0v) is 7.68. The molecule has 3 N–H and O–H groups in total. The Bertz CT molecular complexity index is 500. The maximum absolute atomic E-state index is 8.50. The smallest absolute Gasteiger partial charge is 0.171 e. The zero-order valence-electron chi connectivity index (χ0n) is 7.68. The third-order valence-corrected chi connectivity index (χ3v) is 2.13. The van der Waals surface area contributed by atoms with Crippen LogP contribution >= 0.6 is 0 Å². The van der Waals surface area contributed by atoms with Crippen LogP contribution in [0.2, 0.25) is 0 Å². The summed E-state index contributed by atoms with van der Waals surface area (Å²) in [7, 11) is 0. The number of fused-ring (bicyclic) bond motifs is 1. The third kappa shape index (κ3) is 1.19. The van der Waals surface area contributed by atoms with Crippen LogP contribution in [0.5, 0.6) is 0 Å². The zero-order chi connectivity index (χ0) is 10.1. The van der Waals surface area contributed by atoms with E-state index in [1.54, 1.807) is 18.6 Å². The van der Waals surface area contributed by atoms with E-state index in [1.807, 2.05) is 17.4 Å².